The maximum atomic E-state index is 14.8. The lowest BCUT2D eigenvalue weighted by Crippen LogP contribution is -2.37. The Kier molecular flexibility index (Phi) is 6.39. The molecular weight excluding hydrogens is 391 g/mol. The van der Waals surface area contributed by atoms with Crippen LogP contribution in [0.15, 0.2) is 6.20 Å². The lowest BCUT2D eigenvalue weighted by Gasteiger charge is -2.31. The number of hydrogen-bond donors (Lipinski definition) is 2. The first-order valence-corrected chi connectivity index (χ1v) is 12.5. The van der Waals surface area contributed by atoms with Crippen LogP contribution in [0.2, 0.25) is 0 Å². The van der Waals surface area contributed by atoms with Gasteiger partial charge in [0.15, 0.2) is 5.65 Å². The van der Waals surface area contributed by atoms with Gasteiger partial charge in [-0.1, -0.05) is 39.0 Å². The number of nitrogens with one attached hydrogen (secondary N) is 2. The number of hydrogen-bond acceptors (Lipinski definition) is 5. The molecule has 0 spiro atoms. The third-order valence-corrected chi connectivity index (χ3v) is 7.68. The normalized spacial score (nSPS) is 28.4. The van der Waals surface area contributed by atoms with Crippen molar-refractivity contribution in [1.29, 1.82) is 0 Å². The van der Waals surface area contributed by atoms with E-state index in [2.05, 4.69) is 27.1 Å². The van der Waals surface area contributed by atoms with Crippen molar-refractivity contribution in [3.05, 3.63) is 12.0 Å². The number of nitrogens with zero attached hydrogens (tertiary/aromatic N) is 4. The first-order chi connectivity index (χ1) is 15.2. The molecule has 31 heavy (non-hydrogen) atoms. The molecule has 3 aliphatic carbocycles. The molecule has 170 valence electrons. The summed E-state index contributed by atoms with van der Waals surface area (Å²) in [5.41, 5.74) is 1.72. The first-order valence-electron chi connectivity index (χ1n) is 12.5. The summed E-state index contributed by atoms with van der Waals surface area (Å²) in [6.45, 7) is 2.85. The third-order valence-electron chi connectivity index (χ3n) is 7.68. The Morgan fingerprint density at radius 1 is 1.00 bits per heavy atom. The second-order valence-electron chi connectivity index (χ2n) is 10.1. The van der Waals surface area contributed by atoms with Crippen molar-refractivity contribution >= 4 is 17.1 Å². The van der Waals surface area contributed by atoms with Gasteiger partial charge in [0.2, 0.25) is 5.95 Å². The van der Waals surface area contributed by atoms with E-state index in [0.717, 1.165) is 48.6 Å². The van der Waals surface area contributed by atoms with E-state index >= 15 is 0 Å². The summed E-state index contributed by atoms with van der Waals surface area (Å²) in [4.78, 5) is 14.4. The van der Waals surface area contributed by atoms with E-state index in [0.29, 0.717) is 31.0 Å². The molecule has 6 nitrogen and oxygen atoms in total. The van der Waals surface area contributed by atoms with Crippen molar-refractivity contribution in [2.24, 2.45) is 5.92 Å². The van der Waals surface area contributed by atoms with E-state index in [1.165, 1.54) is 44.9 Å². The van der Waals surface area contributed by atoms with Gasteiger partial charge in [0.25, 0.3) is 0 Å². The Bertz CT molecular complexity index is 870. The summed E-state index contributed by atoms with van der Waals surface area (Å²) in [7, 11) is 0. The van der Waals surface area contributed by atoms with Crippen molar-refractivity contribution in [3.8, 4) is 0 Å². The topological polar surface area (TPSA) is 67.7 Å². The van der Waals surface area contributed by atoms with Crippen LogP contribution in [0.4, 0.5) is 10.3 Å². The highest BCUT2D eigenvalue weighted by Gasteiger charge is 2.31. The monoisotopic (exact) mass is 428 g/mol. The molecule has 0 bridgehead atoms. The largest absolute Gasteiger partial charge is 0.350 e. The van der Waals surface area contributed by atoms with Crippen LogP contribution in [-0.2, 0) is 6.54 Å². The number of halogens is 1. The zero-order valence-corrected chi connectivity index (χ0v) is 18.8. The second-order valence-corrected chi connectivity index (χ2v) is 10.1. The molecule has 3 aliphatic rings. The molecule has 2 aromatic heterocycles. The maximum absolute atomic E-state index is 14.8. The molecule has 5 rings (SSSR count). The fourth-order valence-corrected chi connectivity index (χ4v) is 5.80. The first kappa shape index (κ1) is 21.1. The van der Waals surface area contributed by atoms with Gasteiger partial charge in [0.1, 0.15) is 17.5 Å². The number of aromatic nitrogens is 4. The van der Waals surface area contributed by atoms with E-state index in [9.17, 15) is 4.39 Å². The molecule has 0 aliphatic heterocycles. The standard InChI is InChI=1S/C24H37FN6/c1-16-11-12-20(19(25)13-16)28-24-29-21-14-27-22(15-26-17-7-3-2-4-8-17)30-23(21)31(24)18-9-5-6-10-18/h14,16-20,26H,2-13,15H2,1H3,(H,28,29). The molecule has 3 unspecified atom stereocenters. The van der Waals surface area contributed by atoms with E-state index in [1.807, 2.05) is 6.20 Å². The Labute approximate surface area is 184 Å². The van der Waals surface area contributed by atoms with Gasteiger partial charge in [0.05, 0.1) is 18.8 Å². The lowest BCUT2D eigenvalue weighted by atomic mass is 9.86. The summed E-state index contributed by atoms with van der Waals surface area (Å²) >= 11 is 0. The van der Waals surface area contributed by atoms with Crippen LogP contribution in [0, 0.1) is 5.92 Å². The van der Waals surface area contributed by atoms with Crippen LogP contribution < -0.4 is 10.6 Å². The van der Waals surface area contributed by atoms with Gasteiger partial charge in [-0.3, -0.25) is 4.57 Å². The highest BCUT2D eigenvalue weighted by molar-refractivity contribution is 5.74. The van der Waals surface area contributed by atoms with Gasteiger partial charge in [-0.05, 0) is 50.9 Å². The van der Waals surface area contributed by atoms with E-state index in [1.54, 1.807) is 0 Å². The molecule has 7 heteroatoms. The Morgan fingerprint density at radius 2 is 1.77 bits per heavy atom. The molecule has 0 aromatic carbocycles. The minimum atomic E-state index is -0.818. The molecule has 0 radical (unpaired) electrons. The summed E-state index contributed by atoms with van der Waals surface area (Å²) in [6.07, 6.45) is 14.8. The summed E-state index contributed by atoms with van der Waals surface area (Å²) in [5, 5.41) is 7.14. The SMILES string of the molecule is CC1CCC(Nc2nc3cnc(CNC4CCCCC4)nc3n2C2CCCC2)C(F)C1. The molecule has 3 atom stereocenters. The van der Waals surface area contributed by atoms with Gasteiger partial charge in [-0.15, -0.1) is 0 Å². The predicted molar refractivity (Wildman–Crippen MR) is 122 cm³/mol. The quantitative estimate of drug-likeness (QED) is 0.653. The van der Waals surface area contributed by atoms with Crippen molar-refractivity contribution in [1.82, 2.24) is 24.8 Å². The fraction of sp³-hybridized carbons (Fsp3) is 0.792. The Morgan fingerprint density at radius 3 is 2.55 bits per heavy atom. The zero-order valence-electron chi connectivity index (χ0n) is 18.8. The van der Waals surface area contributed by atoms with Crippen molar-refractivity contribution < 1.29 is 4.39 Å². The molecule has 2 N–H and O–H groups in total. The van der Waals surface area contributed by atoms with Crippen molar-refractivity contribution in [2.75, 3.05) is 5.32 Å². The van der Waals surface area contributed by atoms with Gasteiger partial charge < -0.3 is 10.6 Å². The van der Waals surface area contributed by atoms with Crippen molar-refractivity contribution in [2.45, 2.75) is 115 Å². The van der Waals surface area contributed by atoms with E-state index in [-0.39, 0.29) is 6.04 Å². The van der Waals surface area contributed by atoms with Crippen molar-refractivity contribution in [3.63, 3.8) is 0 Å². The predicted octanol–water partition coefficient (Wildman–Crippen LogP) is 5.30. The molecule has 2 aromatic rings. The van der Waals surface area contributed by atoms with Gasteiger partial charge >= 0.3 is 0 Å². The second kappa shape index (κ2) is 9.39. The molecule has 3 saturated carbocycles. The van der Waals surface area contributed by atoms with Crippen LogP contribution in [0.5, 0.6) is 0 Å². The summed E-state index contributed by atoms with van der Waals surface area (Å²) in [6, 6.07) is 0.816. The minimum absolute atomic E-state index is 0.159. The van der Waals surface area contributed by atoms with Gasteiger partial charge in [-0.2, -0.15) is 0 Å². The highest BCUT2D eigenvalue weighted by Crippen LogP contribution is 2.36. The minimum Gasteiger partial charge on any atom is -0.350 e. The smallest absolute Gasteiger partial charge is 0.205 e. The lowest BCUT2D eigenvalue weighted by molar-refractivity contribution is 0.189. The number of anilines is 1. The Hall–Kier alpha value is -1.76. The Balaban J connectivity index is 1.39. The highest BCUT2D eigenvalue weighted by atomic mass is 19.1. The van der Waals surface area contributed by atoms with Crippen LogP contribution >= 0.6 is 0 Å². The van der Waals surface area contributed by atoms with Crippen LogP contribution in [-0.4, -0.2) is 37.8 Å². The number of fused-ring (bicyclic) bond motifs is 1. The average molecular weight is 429 g/mol. The molecule has 0 saturated heterocycles. The van der Waals surface area contributed by atoms with Gasteiger partial charge in [-0.25, -0.2) is 19.3 Å². The maximum Gasteiger partial charge on any atom is 0.205 e. The number of imidazole rings is 1. The van der Waals surface area contributed by atoms with Crippen LogP contribution in [0.25, 0.3) is 11.2 Å². The number of alkyl halides is 1. The van der Waals surface area contributed by atoms with Gasteiger partial charge in [0, 0.05) is 12.1 Å². The zero-order chi connectivity index (χ0) is 21.2. The molecule has 3 fully saturated rings. The van der Waals surface area contributed by atoms with Crippen LogP contribution in [0.3, 0.4) is 0 Å². The molecular formula is C24H37FN6. The summed E-state index contributed by atoms with van der Waals surface area (Å²) < 4.78 is 17.0. The fourth-order valence-electron chi connectivity index (χ4n) is 5.80. The molecule has 2 heterocycles. The van der Waals surface area contributed by atoms with Crippen LogP contribution in [0.1, 0.15) is 95.8 Å². The average Bonchev–Trinajstić information content (AvgIpc) is 3.42. The molecule has 0 amide bonds. The number of rotatable bonds is 6. The van der Waals surface area contributed by atoms with E-state index < -0.39 is 6.17 Å². The van der Waals surface area contributed by atoms with E-state index in [4.69, 9.17) is 9.97 Å². The summed E-state index contributed by atoms with van der Waals surface area (Å²) in [5.74, 6) is 2.08. The third kappa shape index (κ3) is 4.71.